The lowest BCUT2D eigenvalue weighted by Crippen LogP contribution is -2.29. The van der Waals surface area contributed by atoms with Crippen LogP contribution in [-0.2, 0) is 6.54 Å². The second-order valence-electron chi connectivity index (χ2n) is 4.62. The predicted octanol–water partition coefficient (Wildman–Crippen LogP) is 1.49. The van der Waals surface area contributed by atoms with Gasteiger partial charge in [-0.25, -0.2) is 4.68 Å². The molecule has 2 unspecified atom stereocenters. The zero-order valence-electron chi connectivity index (χ0n) is 10.4. The number of rotatable bonds is 4. The molecule has 2 rings (SSSR count). The second kappa shape index (κ2) is 5.71. The molecular formula is C12H18ClN3O2. The van der Waals surface area contributed by atoms with Crippen molar-refractivity contribution in [3.8, 4) is 0 Å². The van der Waals surface area contributed by atoms with Crippen LogP contribution in [0.4, 0.5) is 5.69 Å². The Labute approximate surface area is 111 Å². The van der Waals surface area contributed by atoms with E-state index in [9.17, 15) is 9.90 Å². The fourth-order valence-electron chi connectivity index (χ4n) is 2.44. The van der Waals surface area contributed by atoms with Crippen molar-refractivity contribution >= 4 is 17.3 Å². The number of aryl methyl sites for hydroxylation is 1. The third-order valence-corrected chi connectivity index (χ3v) is 3.88. The van der Waals surface area contributed by atoms with Crippen molar-refractivity contribution in [2.24, 2.45) is 5.92 Å². The lowest BCUT2D eigenvalue weighted by Gasteiger charge is -2.20. The Balaban J connectivity index is 2.19. The van der Waals surface area contributed by atoms with E-state index in [1.54, 1.807) is 6.20 Å². The molecule has 1 fully saturated rings. The molecule has 1 saturated carbocycles. The van der Waals surface area contributed by atoms with Gasteiger partial charge in [0.25, 0.3) is 5.56 Å². The van der Waals surface area contributed by atoms with Crippen LogP contribution in [0, 0.1) is 5.92 Å². The summed E-state index contributed by atoms with van der Waals surface area (Å²) < 4.78 is 1.33. The molecule has 0 amide bonds. The molecule has 0 saturated heterocycles. The van der Waals surface area contributed by atoms with Gasteiger partial charge in [-0.2, -0.15) is 5.10 Å². The maximum atomic E-state index is 11.8. The van der Waals surface area contributed by atoms with Gasteiger partial charge in [0.05, 0.1) is 11.9 Å². The van der Waals surface area contributed by atoms with Gasteiger partial charge < -0.3 is 10.4 Å². The minimum absolute atomic E-state index is 0.161. The van der Waals surface area contributed by atoms with E-state index >= 15 is 0 Å². The first-order valence-electron chi connectivity index (χ1n) is 6.30. The first-order chi connectivity index (χ1) is 8.67. The molecule has 0 bridgehead atoms. The zero-order valence-corrected chi connectivity index (χ0v) is 11.2. The van der Waals surface area contributed by atoms with Gasteiger partial charge in [-0.15, -0.1) is 0 Å². The van der Waals surface area contributed by atoms with Crippen LogP contribution < -0.4 is 10.9 Å². The number of nitrogens with zero attached hydrogens (tertiary/aromatic N) is 2. The van der Waals surface area contributed by atoms with E-state index < -0.39 is 0 Å². The first kappa shape index (κ1) is 13.4. The lowest BCUT2D eigenvalue weighted by molar-refractivity contribution is 0.222. The van der Waals surface area contributed by atoms with Gasteiger partial charge in [-0.1, -0.05) is 18.0 Å². The summed E-state index contributed by atoms with van der Waals surface area (Å²) in [4.78, 5) is 11.8. The average molecular weight is 272 g/mol. The Bertz CT molecular complexity index is 475. The largest absolute Gasteiger partial charge is 0.396 e. The van der Waals surface area contributed by atoms with Crippen molar-refractivity contribution in [3.05, 3.63) is 21.6 Å². The van der Waals surface area contributed by atoms with Crippen LogP contribution in [0.3, 0.4) is 0 Å². The Morgan fingerprint density at radius 3 is 3.06 bits per heavy atom. The fourth-order valence-corrected chi connectivity index (χ4v) is 2.64. The molecule has 1 aromatic heterocycles. The molecule has 0 spiro atoms. The average Bonchev–Trinajstić information content (AvgIpc) is 2.82. The van der Waals surface area contributed by atoms with Crippen molar-refractivity contribution in [3.63, 3.8) is 0 Å². The summed E-state index contributed by atoms with van der Waals surface area (Å²) in [6, 6.07) is 0.172. The first-order valence-corrected chi connectivity index (χ1v) is 6.68. The van der Waals surface area contributed by atoms with Crippen molar-refractivity contribution in [2.75, 3.05) is 11.9 Å². The van der Waals surface area contributed by atoms with Crippen LogP contribution in [0.5, 0.6) is 0 Å². The van der Waals surface area contributed by atoms with Crippen molar-refractivity contribution < 1.29 is 5.11 Å². The Morgan fingerprint density at radius 1 is 1.61 bits per heavy atom. The van der Waals surface area contributed by atoms with E-state index in [0.717, 1.165) is 19.3 Å². The molecule has 100 valence electrons. The van der Waals surface area contributed by atoms with E-state index in [1.807, 2.05) is 6.92 Å². The smallest absolute Gasteiger partial charge is 0.287 e. The van der Waals surface area contributed by atoms with E-state index in [-0.39, 0.29) is 29.1 Å². The van der Waals surface area contributed by atoms with Gasteiger partial charge in [0.15, 0.2) is 0 Å². The SMILES string of the molecule is CCn1ncc(NC2CCCC2CO)c(Cl)c1=O. The van der Waals surface area contributed by atoms with Crippen LogP contribution in [0.25, 0.3) is 0 Å². The predicted molar refractivity (Wildman–Crippen MR) is 71.0 cm³/mol. The number of aromatic nitrogens is 2. The third-order valence-electron chi connectivity index (χ3n) is 3.52. The van der Waals surface area contributed by atoms with Crippen LogP contribution in [0.2, 0.25) is 5.02 Å². The Kier molecular flexibility index (Phi) is 4.24. The summed E-state index contributed by atoms with van der Waals surface area (Å²) in [5.74, 6) is 0.231. The normalized spacial score (nSPS) is 23.3. The Morgan fingerprint density at radius 2 is 2.39 bits per heavy atom. The number of aliphatic hydroxyl groups excluding tert-OH is 1. The van der Waals surface area contributed by atoms with Gasteiger partial charge in [0.2, 0.25) is 0 Å². The molecule has 2 atom stereocenters. The molecule has 1 heterocycles. The number of nitrogens with one attached hydrogen (secondary N) is 1. The summed E-state index contributed by atoms with van der Waals surface area (Å²) in [7, 11) is 0. The topological polar surface area (TPSA) is 67.2 Å². The highest BCUT2D eigenvalue weighted by Gasteiger charge is 2.27. The summed E-state index contributed by atoms with van der Waals surface area (Å²) in [6.45, 7) is 2.51. The maximum Gasteiger partial charge on any atom is 0.287 e. The summed E-state index contributed by atoms with van der Waals surface area (Å²) in [5.41, 5.74) is 0.291. The van der Waals surface area contributed by atoms with Crippen LogP contribution in [0.15, 0.2) is 11.0 Å². The van der Waals surface area contributed by atoms with Crippen LogP contribution in [-0.4, -0.2) is 27.5 Å². The lowest BCUT2D eigenvalue weighted by atomic mass is 10.1. The maximum absolute atomic E-state index is 11.8. The van der Waals surface area contributed by atoms with Crippen molar-refractivity contribution in [1.29, 1.82) is 0 Å². The zero-order chi connectivity index (χ0) is 13.1. The number of hydrogen-bond acceptors (Lipinski definition) is 4. The molecule has 6 heteroatoms. The molecule has 18 heavy (non-hydrogen) atoms. The number of aliphatic hydroxyl groups is 1. The minimum Gasteiger partial charge on any atom is -0.396 e. The molecule has 1 aliphatic rings. The minimum atomic E-state index is -0.275. The van der Waals surface area contributed by atoms with Crippen LogP contribution in [0.1, 0.15) is 26.2 Å². The summed E-state index contributed by atoms with van der Waals surface area (Å²) in [6.07, 6.45) is 4.66. The van der Waals surface area contributed by atoms with Crippen molar-refractivity contribution in [2.45, 2.75) is 38.8 Å². The van der Waals surface area contributed by atoms with Gasteiger partial charge in [-0.05, 0) is 19.8 Å². The molecule has 0 radical (unpaired) electrons. The third kappa shape index (κ3) is 2.52. The van der Waals surface area contributed by atoms with Crippen molar-refractivity contribution in [1.82, 2.24) is 9.78 Å². The van der Waals surface area contributed by atoms with Gasteiger partial charge in [0.1, 0.15) is 5.02 Å². The number of halogens is 1. The van der Waals surface area contributed by atoms with Gasteiger partial charge in [0, 0.05) is 25.1 Å². The molecule has 0 aliphatic heterocycles. The molecule has 1 aliphatic carbocycles. The van der Waals surface area contributed by atoms with Gasteiger partial charge >= 0.3 is 0 Å². The quantitative estimate of drug-likeness (QED) is 0.871. The standard InChI is InChI=1S/C12H18ClN3O2/c1-2-16-12(18)11(13)10(6-14-16)15-9-5-3-4-8(9)7-17/h6,8-9,15,17H,2-5,7H2,1H3. The van der Waals surface area contributed by atoms with Crippen LogP contribution >= 0.6 is 11.6 Å². The highest BCUT2D eigenvalue weighted by atomic mass is 35.5. The number of anilines is 1. The monoisotopic (exact) mass is 271 g/mol. The molecule has 0 aromatic carbocycles. The number of hydrogen-bond donors (Lipinski definition) is 2. The summed E-state index contributed by atoms with van der Waals surface area (Å²) >= 11 is 6.05. The van der Waals surface area contributed by atoms with E-state index in [4.69, 9.17) is 11.6 Å². The van der Waals surface area contributed by atoms with E-state index in [1.165, 1.54) is 4.68 Å². The second-order valence-corrected chi connectivity index (χ2v) is 5.00. The fraction of sp³-hybridized carbons (Fsp3) is 0.667. The van der Waals surface area contributed by atoms with E-state index in [0.29, 0.717) is 12.2 Å². The Hall–Kier alpha value is -1.07. The summed E-state index contributed by atoms with van der Waals surface area (Å²) in [5, 5.41) is 16.7. The molecular weight excluding hydrogens is 254 g/mol. The highest BCUT2D eigenvalue weighted by Crippen LogP contribution is 2.29. The molecule has 1 aromatic rings. The van der Waals surface area contributed by atoms with E-state index in [2.05, 4.69) is 10.4 Å². The highest BCUT2D eigenvalue weighted by molar-refractivity contribution is 6.32. The van der Waals surface area contributed by atoms with Gasteiger partial charge in [-0.3, -0.25) is 4.79 Å². The molecule has 2 N–H and O–H groups in total. The molecule has 5 nitrogen and oxygen atoms in total.